The topological polar surface area (TPSA) is 38.2 Å². The van der Waals surface area contributed by atoms with Crippen molar-refractivity contribution >= 4 is 16.7 Å². The van der Waals surface area contributed by atoms with Gasteiger partial charge in [0.15, 0.2) is 0 Å². The van der Waals surface area contributed by atoms with E-state index in [9.17, 15) is 0 Å². The van der Waals surface area contributed by atoms with Crippen LogP contribution in [0.4, 0.5) is 5.13 Å². The zero-order valence-corrected chi connectivity index (χ0v) is 11.9. The van der Waals surface area contributed by atoms with Crippen LogP contribution in [0.3, 0.4) is 0 Å². The third-order valence-corrected chi connectivity index (χ3v) is 3.85. The van der Waals surface area contributed by atoms with Crippen molar-refractivity contribution in [2.75, 3.05) is 25.1 Å². The molecule has 1 atom stereocenters. The molecule has 1 saturated heterocycles. The van der Waals surface area contributed by atoms with Crippen LogP contribution >= 0.6 is 11.5 Å². The molecule has 0 bridgehead atoms. The third-order valence-electron chi connectivity index (χ3n) is 3.07. The summed E-state index contributed by atoms with van der Waals surface area (Å²) in [5.41, 5.74) is 0.0329. The summed E-state index contributed by atoms with van der Waals surface area (Å²) in [5, 5.41) is 1.04. The van der Waals surface area contributed by atoms with Gasteiger partial charge in [0.2, 0.25) is 5.13 Å². The quantitative estimate of drug-likeness (QED) is 0.813. The van der Waals surface area contributed by atoms with Crippen LogP contribution < -0.4 is 4.90 Å². The standard InChI is InChI=1S/C12H21N3OS/c1-12(2,3)10-13-11(17-14-10)15-7-5-6-9(8-15)16-4/h9H,5-8H2,1-4H3. The maximum Gasteiger partial charge on any atom is 0.205 e. The van der Waals surface area contributed by atoms with Gasteiger partial charge in [0.05, 0.1) is 6.10 Å². The Morgan fingerprint density at radius 1 is 1.41 bits per heavy atom. The summed E-state index contributed by atoms with van der Waals surface area (Å²) in [6, 6.07) is 0. The Hall–Kier alpha value is -0.680. The first-order chi connectivity index (χ1) is 8.00. The lowest BCUT2D eigenvalue weighted by Gasteiger charge is -2.31. The van der Waals surface area contributed by atoms with Gasteiger partial charge in [0.25, 0.3) is 0 Å². The van der Waals surface area contributed by atoms with Crippen LogP contribution in [0.1, 0.15) is 39.4 Å². The molecule has 1 aliphatic rings. The lowest BCUT2D eigenvalue weighted by molar-refractivity contribution is 0.0893. The molecule has 1 unspecified atom stereocenters. The van der Waals surface area contributed by atoms with Crippen molar-refractivity contribution in [3.63, 3.8) is 0 Å². The summed E-state index contributed by atoms with van der Waals surface area (Å²) < 4.78 is 9.89. The Balaban J connectivity index is 2.09. The Kier molecular flexibility index (Phi) is 3.68. The molecule has 17 heavy (non-hydrogen) atoms. The molecule has 1 aromatic rings. The fourth-order valence-corrected chi connectivity index (χ4v) is 2.84. The molecule has 0 radical (unpaired) electrons. The summed E-state index contributed by atoms with van der Waals surface area (Å²) in [5.74, 6) is 0.942. The maximum atomic E-state index is 5.43. The number of nitrogens with zero attached hydrogens (tertiary/aromatic N) is 3. The maximum absolute atomic E-state index is 5.43. The molecule has 2 rings (SSSR count). The highest BCUT2D eigenvalue weighted by Gasteiger charge is 2.25. The van der Waals surface area contributed by atoms with E-state index in [0.717, 1.165) is 30.5 Å². The summed E-state index contributed by atoms with van der Waals surface area (Å²) in [6.45, 7) is 8.45. The normalized spacial score (nSPS) is 21.9. The number of methoxy groups -OCH3 is 1. The summed E-state index contributed by atoms with van der Waals surface area (Å²) >= 11 is 1.50. The van der Waals surface area contributed by atoms with E-state index in [-0.39, 0.29) is 5.41 Å². The molecule has 0 spiro atoms. The Labute approximate surface area is 107 Å². The van der Waals surface area contributed by atoms with Crippen molar-refractivity contribution in [2.45, 2.75) is 45.1 Å². The van der Waals surface area contributed by atoms with Crippen LogP contribution in [0.25, 0.3) is 0 Å². The second kappa shape index (κ2) is 4.90. The van der Waals surface area contributed by atoms with Crippen LogP contribution in [0.2, 0.25) is 0 Å². The molecule has 1 aliphatic heterocycles. The van der Waals surface area contributed by atoms with Gasteiger partial charge in [-0.15, -0.1) is 0 Å². The van der Waals surface area contributed by atoms with Crippen molar-refractivity contribution < 1.29 is 4.74 Å². The summed E-state index contributed by atoms with van der Waals surface area (Å²) in [7, 11) is 1.79. The molecule has 0 saturated carbocycles. The average Bonchev–Trinajstić information content (AvgIpc) is 2.78. The van der Waals surface area contributed by atoms with Crippen LogP contribution in [0.15, 0.2) is 0 Å². The van der Waals surface area contributed by atoms with Crippen molar-refractivity contribution in [3.8, 4) is 0 Å². The van der Waals surface area contributed by atoms with E-state index in [4.69, 9.17) is 4.74 Å². The molecule has 0 aliphatic carbocycles. The fraction of sp³-hybridized carbons (Fsp3) is 0.833. The molecule has 1 aromatic heterocycles. The van der Waals surface area contributed by atoms with E-state index in [1.165, 1.54) is 18.0 Å². The molecule has 4 nitrogen and oxygen atoms in total. The first-order valence-electron chi connectivity index (χ1n) is 6.12. The lowest BCUT2D eigenvalue weighted by Crippen LogP contribution is -2.39. The van der Waals surface area contributed by atoms with Crippen LogP contribution in [-0.2, 0) is 10.2 Å². The highest BCUT2D eigenvalue weighted by Crippen LogP contribution is 2.27. The van der Waals surface area contributed by atoms with Gasteiger partial charge in [-0.1, -0.05) is 20.8 Å². The Morgan fingerprint density at radius 3 is 2.76 bits per heavy atom. The molecule has 5 heteroatoms. The monoisotopic (exact) mass is 255 g/mol. The van der Waals surface area contributed by atoms with E-state index < -0.39 is 0 Å². The van der Waals surface area contributed by atoms with Crippen LogP contribution in [0, 0.1) is 0 Å². The second-order valence-corrected chi connectivity index (χ2v) is 6.33. The van der Waals surface area contributed by atoms with Gasteiger partial charge >= 0.3 is 0 Å². The van der Waals surface area contributed by atoms with Gasteiger partial charge in [-0.25, -0.2) is 4.98 Å². The van der Waals surface area contributed by atoms with Gasteiger partial charge in [0, 0.05) is 37.1 Å². The number of piperidine rings is 1. The number of anilines is 1. The average molecular weight is 255 g/mol. The summed E-state index contributed by atoms with van der Waals surface area (Å²) in [6.07, 6.45) is 2.66. The second-order valence-electron chi connectivity index (χ2n) is 5.60. The number of rotatable bonds is 2. The van der Waals surface area contributed by atoms with Crippen molar-refractivity contribution in [1.82, 2.24) is 9.36 Å². The van der Waals surface area contributed by atoms with Crippen molar-refractivity contribution in [1.29, 1.82) is 0 Å². The summed E-state index contributed by atoms with van der Waals surface area (Å²) in [4.78, 5) is 6.95. The number of hydrogen-bond acceptors (Lipinski definition) is 5. The minimum Gasteiger partial charge on any atom is -0.380 e. The largest absolute Gasteiger partial charge is 0.380 e. The molecule has 0 aromatic carbocycles. The van der Waals surface area contributed by atoms with E-state index in [1.54, 1.807) is 7.11 Å². The van der Waals surface area contributed by atoms with Crippen LogP contribution in [0.5, 0.6) is 0 Å². The van der Waals surface area contributed by atoms with Crippen molar-refractivity contribution in [3.05, 3.63) is 5.82 Å². The molecule has 1 fully saturated rings. The Morgan fingerprint density at radius 2 is 2.18 bits per heavy atom. The van der Waals surface area contributed by atoms with Gasteiger partial charge in [-0.2, -0.15) is 4.37 Å². The molecule has 2 heterocycles. The van der Waals surface area contributed by atoms with Gasteiger partial charge in [0.1, 0.15) is 5.82 Å². The molecule has 0 amide bonds. The molecular formula is C12H21N3OS. The SMILES string of the molecule is COC1CCCN(c2nc(C(C)(C)C)ns2)C1. The molecular weight excluding hydrogens is 234 g/mol. The predicted octanol–water partition coefficient (Wildman–Crippen LogP) is 2.45. The highest BCUT2D eigenvalue weighted by atomic mass is 32.1. The number of ether oxygens (including phenoxy) is 1. The minimum atomic E-state index is 0.0329. The third kappa shape index (κ3) is 2.96. The zero-order chi connectivity index (χ0) is 12.5. The van der Waals surface area contributed by atoms with Gasteiger partial charge in [-0.05, 0) is 12.8 Å². The van der Waals surface area contributed by atoms with E-state index in [1.807, 2.05) is 0 Å². The Bertz CT molecular complexity index is 372. The lowest BCUT2D eigenvalue weighted by atomic mass is 9.96. The first-order valence-corrected chi connectivity index (χ1v) is 6.90. The number of hydrogen-bond donors (Lipinski definition) is 0. The van der Waals surface area contributed by atoms with E-state index in [2.05, 4.69) is 35.0 Å². The smallest absolute Gasteiger partial charge is 0.205 e. The zero-order valence-electron chi connectivity index (χ0n) is 11.1. The van der Waals surface area contributed by atoms with Gasteiger partial charge < -0.3 is 9.64 Å². The molecule has 96 valence electrons. The van der Waals surface area contributed by atoms with Crippen molar-refractivity contribution in [2.24, 2.45) is 0 Å². The molecule has 0 N–H and O–H groups in total. The highest BCUT2D eigenvalue weighted by molar-refractivity contribution is 7.09. The van der Waals surface area contributed by atoms with Crippen LogP contribution in [-0.4, -0.2) is 35.7 Å². The number of aromatic nitrogens is 2. The predicted molar refractivity (Wildman–Crippen MR) is 70.9 cm³/mol. The fourth-order valence-electron chi connectivity index (χ4n) is 1.95. The van der Waals surface area contributed by atoms with Gasteiger partial charge in [-0.3, -0.25) is 0 Å². The minimum absolute atomic E-state index is 0.0329. The van der Waals surface area contributed by atoms with E-state index >= 15 is 0 Å². The first kappa shape index (κ1) is 12.8. The van der Waals surface area contributed by atoms with E-state index in [0.29, 0.717) is 6.10 Å².